The van der Waals surface area contributed by atoms with Crippen molar-refractivity contribution in [3.05, 3.63) is 73.3 Å². The van der Waals surface area contributed by atoms with Gasteiger partial charge < -0.3 is 25.2 Å². The number of carbonyl (C=O) groups excluding carboxylic acids is 2. The molecule has 0 saturated heterocycles. The Labute approximate surface area is 234 Å². The van der Waals surface area contributed by atoms with Gasteiger partial charge in [0.1, 0.15) is 18.0 Å². The predicted molar refractivity (Wildman–Crippen MR) is 148 cm³/mol. The Kier molecular flexibility index (Phi) is 10.9. The van der Waals surface area contributed by atoms with Crippen LogP contribution in [0.5, 0.6) is 5.75 Å². The number of carbonyl (C=O) groups is 2. The summed E-state index contributed by atoms with van der Waals surface area (Å²) in [7, 11) is 0. The van der Waals surface area contributed by atoms with Gasteiger partial charge in [-0.2, -0.15) is 0 Å². The van der Waals surface area contributed by atoms with Crippen LogP contribution in [0, 0.1) is 3.57 Å². The molecule has 0 saturated carbocycles. The first kappa shape index (κ1) is 28.7. The first-order valence-corrected chi connectivity index (χ1v) is 13.5. The molecule has 36 heavy (non-hydrogen) atoms. The molecule has 2 aromatic carbocycles. The van der Waals surface area contributed by atoms with E-state index >= 15 is 0 Å². The summed E-state index contributed by atoms with van der Waals surface area (Å²) in [6.07, 6.45) is 0.606. The molecule has 2 aromatic rings. The molecule has 0 radical (unpaired) electrons. The Balaban J connectivity index is 1.99. The van der Waals surface area contributed by atoms with Crippen molar-refractivity contribution in [2.45, 2.75) is 51.0 Å². The van der Waals surface area contributed by atoms with Crippen LogP contribution in [0.2, 0.25) is 10.0 Å². The van der Waals surface area contributed by atoms with E-state index in [0.29, 0.717) is 33.4 Å². The molecule has 1 aliphatic rings. The first-order valence-electron chi connectivity index (χ1n) is 11.7. The molecule has 0 aromatic heterocycles. The standard InChI is InChI=1S/C26H29Cl2IN2O5/c1-2-5-24(33)31(15-16-8-9-18(27)14-19(16)28)21-12-17(26(35)30-10-11-32)13-23(25(21)34)36-22-7-4-3-6-20(22)29/h3-4,6-9,13-14,21,23,25,32,34H,2,5,10-12,15H2,1H3,(H,30,35). The van der Waals surface area contributed by atoms with Gasteiger partial charge in [0.25, 0.3) is 0 Å². The zero-order valence-corrected chi connectivity index (χ0v) is 23.5. The van der Waals surface area contributed by atoms with Crippen molar-refractivity contribution < 1.29 is 24.5 Å². The average Bonchev–Trinajstić information content (AvgIpc) is 2.85. The molecule has 0 aliphatic heterocycles. The van der Waals surface area contributed by atoms with Gasteiger partial charge in [-0.15, -0.1) is 0 Å². The normalized spacial score (nSPS) is 19.4. The lowest BCUT2D eigenvalue weighted by Crippen LogP contribution is -2.54. The Morgan fingerprint density at radius 3 is 2.64 bits per heavy atom. The maximum atomic E-state index is 13.3. The molecule has 3 rings (SSSR count). The number of hydrogen-bond donors (Lipinski definition) is 3. The Morgan fingerprint density at radius 2 is 1.97 bits per heavy atom. The summed E-state index contributed by atoms with van der Waals surface area (Å²) in [5.41, 5.74) is 1.04. The number of rotatable bonds is 10. The first-order chi connectivity index (χ1) is 17.2. The second kappa shape index (κ2) is 13.6. The minimum atomic E-state index is -1.11. The van der Waals surface area contributed by atoms with Crippen LogP contribution in [0.15, 0.2) is 54.1 Å². The highest BCUT2D eigenvalue weighted by Gasteiger charge is 2.40. The maximum Gasteiger partial charge on any atom is 0.247 e. The van der Waals surface area contributed by atoms with Crippen LogP contribution < -0.4 is 10.1 Å². The van der Waals surface area contributed by atoms with Crippen LogP contribution in [0.4, 0.5) is 0 Å². The van der Waals surface area contributed by atoms with E-state index in [9.17, 15) is 14.7 Å². The monoisotopic (exact) mass is 646 g/mol. The van der Waals surface area contributed by atoms with E-state index in [0.717, 1.165) is 3.57 Å². The number of halogens is 3. The lowest BCUT2D eigenvalue weighted by Gasteiger charge is -2.40. The van der Waals surface area contributed by atoms with Gasteiger partial charge in [-0.1, -0.05) is 48.3 Å². The number of aliphatic hydroxyl groups excluding tert-OH is 2. The van der Waals surface area contributed by atoms with Gasteiger partial charge in [0, 0.05) is 41.5 Å². The average molecular weight is 647 g/mol. The van der Waals surface area contributed by atoms with Crippen molar-refractivity contribution in [2.75, 3.05) is 13.2 Å². The fourth-order valence-electron chi connectivity index (χ4n) is 4.05. The number of ether oxygens (including phenoxy) is 1. The van der Waals surface area contributed by atoms with Gasteiger partial charge in [0.15, 0.2) is 0 Å². The molecule has 0 bridgehead atoms. The third-order valence-corrected chi connectivity index (χ3v) is 7.33. The molecule has 3 atom stereocenters. The molecule has 10 heteroatoms. The summed E-state index contributed by atoms with van der Waals surface area (Å²) in [4.78, 5) is 27.7. The fraction of sp³-hybridized carbons (Fsp3) is 0.385. The van der Waals surface area contributed by atoms with Crippen LogP contribution in [-0.4, -0.2) is 58.3 Å². The molecular formula is C26H29Cl2IN2O5. The van der Waals surface area contributed by atoms with Gasteiger partial charge in [-0.25, -0.2) is 0 Å². The fourth-order valence-corrected chi connectivity index (χ4v) is 5.03. The molecule has 0 fully saturated rings. The van der Waals surface area contributed by atoms with Crippen molar-refractivity contribution in [3.63, 3.8) is 0 Å². The Hall–Kier alpha value is -1.85. The van der Waals surface area contributed by atoms with E-state index < -0.39 is 18.2 Å². The molecular weight excluding hydrogens is 618 g/mol. The van der Waals surface area contributed by atoms with Crippen LogP contribution in [-0.2, 0) is 16.1 Å². The third-order valence-electron chi connectivity index (χ3n) is 5.85. The third kappa shape index (κ3) is 7.35. The molecule has 7 nitrogen and oxygen atoms in total. The van der Waals surface area contributed by atoms with Crippen molar-refractivity contribution in [3.8, 4) is 5.75 Å². The lowest BCUT2D eigenvalue weighted by atomic mass is 9.87. The van der Waals surface area contributed by atoms with Gasteiger partial charge in [0.2, 0.25) is 11.8 Å². The van der Waals surface area contributed by atoms with Crippen molar-refractivity contribution in [1.82, 2.24) is 10.2 Å². The molecule has 3 N–H and O–H groups in total. The second-order valence-electron chi connectivity index (χ2n) is 8.45. The zero-order chi connectivity index (χ0) is 26.2. The highest BCUT2D eigenvalue weighted by Crippen LogP contribution is 2.32. The smallest absolute Gasteiger partial charge is 0.247 e. The predicted octanol–water partition coefficient (Wildman–Crippen LogP) is 4.34. The van der Waals surface area contributed by atoms with Crippen LogP contribution in [0.3, 0.4) is 0 Å². The van der Waals surface area contributed by atoms with Gasteiger partial charge >= 0.3 is 0 Å². The van der Waals surface area contributed by atoms with E-state index in [4.69, 9.17) is 33.0 Å². The minimum Gasteiger partial charge on any atom is -0.482 e. The number of hydrogen-bond acceptors (Lipinski definition) is 5. The quantitative estimate of drug-likeness (QED) is 0.334. The molecule has 194 valence electrons. The summed E-state index contributed by atoms with van der Waals surface area (Å²) in [5, 5.41) is 24.1. The van der Waals surface area contributed by atoms with Gasteiger partial charge in [-0.05, 0) is 64.9 Å². The minimum absolute atomic E-state index is 0.0877. The number of amides is 2. The van der Waals surface area contributed by atoms with Crippen molar-refractivity contribution >= 4 is 57.6 Å². The lowest BCUT2D eigenvalue weighted by molar-refractivity contribution is -0.139. The molecule has 0 heterocycles. The number of nitrogens with zero attached hydrogens (tertiary/aromatic N) is 1. The maximum absolute atomic E-state index is 13.3. The van der Waals surface area contributed by atoms with E-state index in [2.05, 4.69) is 27.9 Å². The summed E-state index contributed by atoms with van der Waals surface area (Å²) >= 11 is 14.6. The van der Waals surface area contributed by atoms with Gasteiger partial charge in [0.05, 0.1) is 16.2 Å². The summed E-state index contributed by atoms with van der Waals surface area (Å²) in [6, 6.07) is 11.7. The SMILES string of the molecule is CCCC(=O)N(Cc1ccc(Cl)cc1Cl)C1CC(C(=O)NCCO)=CC(Oc2ccccc2I)C1O. The highest BCUT2D eigenvalue weighted by molar-refractivity contribution is 14.1. The van der Waals surface area contributed by atoms with Gasteiger partial charge in [-0.3, -0.25) is 9.59 Å². The number of aliphatic hydroxyl groups is 2. The molecule has 1 aliphatic carbocycles. The summed E-state index contributed by atoms with van der Waals surface area (Å²) < 4.78 is 6.99. The van der Waals surface area contributed by atoms with Crippen LogP contribution in [0.1, 0.15) is 31.7 Å². The Bertz CT molecular complexity index is 1110. The van der Waals surface area contributed by atoms with Crippen molar-refractivity contribution in [1.29, 1.82) is 0 Å². The number of benzene rings is 2. The zero-order valence-electron chi connectivity index (χ0n) is 19.8. The Morgan fingerprint density at radius 1 is 1.22 bits per heavy atom. The largest absolute Gasteiger partial charge is 0.482 e. The molecule has 2 amide bonds. The van der Waals surface area contributed by atoms with E-state index in [-0.39, 0.29) is 44.4 Å². The van der Waals surface area contributed by atoms with Crippen LogP contribution in [0.25, 0.3) is 0 Å². The van der Waals surface area contributed by atoms with Crippen LogP contribution >= 0.6 is 45.8 Å². The van der Waals surface area contributed by atoms with Crippen molar-refractivity contribution in [2.24, 2.45) is 0 Å². The summed E-state index contributed by atoms with van der Waals surface area (Å²) in [6.45, 7) is 1.92. The summed E-state index contributed by atoms with van der Waals surface area (Å²) in [5.74, 6) is 0.00342. The number of para-hydroxylation sites is 1. The second-order valence-corrected chi connectivity index (χ2v) is 10.5. The highest BCUT2D eigenvalue weighted by atomic mass is 127. The van der Waals surface area contributed by atoms with E-state index in [1.165, 1.54) is 0 Å². The molecule has 0 spiro atoms. The van der Waals surface area contributed by atoms with E-state index in [1.807, 2.05) is 25.1 Å². The van der Waals surface area contributed by atoms with E-state index in [1.54, 1.807) is 35.2 Å². The topological polar surface area (TPSA) is 99.1 Å². The number of nitrogens with one attached hydrogen (secondary N) is 1. The molecule has 3 unspecified atom stereocenters.